The summed E-state index contributed by atoms with van der Waals surface area (Å²) in [6.07, 6.45) is 4.35. The van der Waals surface area contributed by atoms with Crippen molar-refractivity contribution in [3.05, 3.63) is 24.9 Å². The molecule has 0 bridgehead atoms. The van der Waals surface area contributed by atoms with Gasteiger partial charge >= 0.3 is 0 Å². The van der Waals surface area contributed by atoms with Crippen LogP contribution < -0.4 is 5.32 Å². The van der Waals surface area contributed by atoms with Gasteiger partial charge in [-0.15, -0.1) is 0 Å². The fourth-order valence-electron chi connectivity index (χ4n) is 2.10. The highest BCUT2D eigenvalue weighted by Gasteiger charge is 2.23. The fourth-order valence-corrected chi connectivity index (χ4v) is 2.10. The lowest BCUT2D eigenvalue weighted by Gasteiger charge is -2.38. The molecule has 0 aromatic heterocycles. The smallest absolute Gasteiger partial charge is 0.0332 e. The van der Waals surface area contributed by atoms with Gasteiger partial charge in [0.25, 0.3) is 0 Å². The monoisotopic (exact) mass is 208 g/mol. The van der Waals surface area contributed by atoms with Crippen LogP contribution in [-0.2, 0) is 0 Å². The van der Waals surface area contributed by atoms with Gasteiger partial charge in [-0.1, -0.05) is 13.2 Å². The maximum Gasteiger partial charge on any atom is 0.0332 e. The average Bonchev–Trinajstić information content (AvgIpc) is 2.14. The first kappa shape index (κ1) is 12.3. The maximum absolute atomic E-state index is 4.01. The molecule has 0 amide bonds. The van der Waals surface area contributed by atoms with Crippen LogP contribution in [0.3, 0.4) is 0 Å². The van der Waals surface area contributed by atoms with E-state index >= 15 is 0 Å². The van der Waals surface area contributed by atoms with Crippen LogP contribution in [0.4, 0.5) is 0 Å². The van der Waals surface area contributed by atoms with E-state index in [4.69, 9.17) is 0 Å². The van der Waals surface area contributed by atoms with E-state index < -0.39 is 0 Å². The molecule has 15 heavy (non-hydrogen) atoms. The van der Waals surface area contributed by atoms with Gasteiger partial charge in [0.05, 0.1) is 0 Å². The predicted octanol–water partition coefficient (Wildman–Crippen LogP) is 2.54. The molecule has 0 saturated carbocycles. The van der Waals surface area contributed by atoms with Gasteiger partial charge in [-0.3, -0.25) is 0 Å². The molecule has 0 unspecified atom stereocenters. The number of likely N-dealkylation sites (tertiary alicyclic amines) is 1. The van der Waals surface area contributed by atoms with Gasteiger partial charge in [0, 0.05) is 30.4 Å². The summed E-state index contributed by atoms with van der Waals surface area (Å²) in [6.45, 7) is 16.6. The summed E-state index contributed by atoms with van der Waals surface area (Å²) in [4.78, 5) is 2.32. The third kappa shape index (κ3) is 4.08. The van der Waals surface area contributed by atoms with Crippen LogP contribution in [-0.4, -0.2) is 29.6 Å². The molecular weight excluding hydrogens is 184 g/mol. The zero-order valence-corrected chi connectivity index (χ0v) is 10.3. The second-order valence-electron chi connectivity index (χ2n) is 5.37. The first-order chi connectivity index (χ1) is 6.92. The Kier molecular flexibility index (Phi) is 3.97. The third-order valence-electron chi connectivity index (χ3n) is 2.70. The number of nitrogens with one attached hydrogen (secondary N) is 1. The zero-order valence-electron chi connectivity index (χ0n) is 10.3. The molecule has 1 N–H and O–H groups in total. The largest absolute Gasteiger partial charge is 0.370 e. The number of allylic oxidation sites excluding steroid dienone is 1. The molecule has 1 fully saturated rings. The van der Waals surface area contributed by atoms with E-state index in [1.54, 1.807) is 0 Å². The SMILES string of the molecule is C=CC(=C)N1CCC[C@H](NC(C)(C)C)C1. The molecule has 1 saturated heterocycles. The van der Waals surface area contributed by atoms with E-state index in [9.17, 15) is 0 Å². The highest BCUT2D eigenvalue weighted by Crippen LogP contribution is 2.16. The molecule has 0 aromatic rings. The average molecular weight is 208 g/mol. The maximum atomic E-state index is 4.01. The quantitative estimate of drug-likeness (QED) is 0.717. The Labute approximate surface area is 94.0 Å². The topological polar surface area (TPSA) is 15.3 Å². The van der Waals surface area contributed by atoms with E-state index in [0.29, 0.717) is 6.04 Å². The Hall–Kier alpha value is -0.760. The number of nitrogens with zero attached hydrogens (tertiary/aromatic N) is 1. The third-order valence-corrected chi connectivity index (χ3v) is 2.70. The molecule has 2 nitrogen and oxygen atoms in total. The summed E-state index contributed by atoms with van der Waals surface area (Å²) in [5.41, 5.74) is 1.25. The van der Waals surface area contributed by atoms with Crippen LogP contribution in [0.1, 0.15) is 33.6 Å². The number of rotatable bonds is 3. The van der Waals surface area contributed by atoms with Crippen molar-refractivity contribution in [2.45, 2.75) is 45.2 Å². The van der Waals surface area contributed by atoms with Crippen molar-refractivity contribution in [3.8, 4) is 0 Å². The molecule has 0 spiro atoms. The summed E-state index contributed by atoms with van der Waals surface area (Å²) in [6, 6.07) is 0.579. The first-order valence-corrected chi connectivity index (χ1v) is 5.76. The summed E-state index contributed by atoms with van der Waals surface area (Å²) in [5.74, 6) is 0. The van der Waals surface area contributed by atoms with Crippen LogP contribution >= 0.6 is 0 Å². The zero-order chi connectivity index (χ0) is 11.5. The van der Waals surface area contributed by atoms with Gasteiger partial charge in [-0.2, -0.15) is 0 Å². The van der Waals surface area contributed by atoms with Gasteiger partial charge in [-0.25, -0.2) is 0 Å². The molecule has 0 aliphatic carbocycles. The molecule has 0 radical (unpaired) electrons. The van der Waals surface area contributed by atoms with Crippen molar-refractivity contribution in [2.75, 3.05) is 13.1 Å². The predicted molar refractivity (Wildman–Crippen MR) is 66.8 cm³/mol. The van der Waals surface area contributed by atoms with Gasteiger partial charge in [0.15, 0.2) is 0 Å². The van der Waals surface area contributed by atoms with Gasteiger partial charge in [0.2, 0.25) is 0 Å². The highest BCUT2D eigenvalue weighted by atomic mass is 15.2. The number of piperidine rings is 1. The Bertz CT molecular complexity index is 237. The number of hydrogen-bond acceptors (Lipinski definition) is 2. The minimum atomic E-state index is 0.198. The lowest BCUT2D eigenvalue weighted by Crippen LogP contribution is -2.51. The standard InChI is InChI=1S/C13H24N2/c1-6-11(2)15-9-7-8-12(10-15)14-13(3,4)5/h6,12,14H,1-2,7-10H2,3-5H3/t12-/m0/s1. The normalized spacial score (nSPS) is 22.6. The number of hydrogen-bond donors (Lipinski definition) is 1. The summed E-state index contributed by atoms with van der Waals surface area (Å²) < 4.78 is 0. The van der Waals surface area contributed by atoms with Crippen LogP contribution in [0.25, 0.3) is 0 Å². The minimum Gasteiger partial charge on any atom is -0.370 e. The molecular formula is C13H24N2. The Morgan fingerprint density at radius 1 is 1.47 bits per heavy atom. The van der Waals surface area contributed by atoms with Gasteiger partial charge in [0.1, 0.15) is 0 Å². The van der Waals surface area contributed by atoms with E-state index in [2.05, 4.69) is 44.1 Å². The molecule has 1 rings (SSSR count). The van der Waals surface area contributed by atoms with Crippen molar-refractivity contribution in [1.29, 1.82) is 0 Å². The van der Waals surface area contributed by atoms with Crippen molar-refractivity contribution < 1.29 is 0 Å². The lowest BCUT2D eigenvalue weighted by atomic mass is 10.0. The Morgan fingerprint density at radius 3 is 2.67 bits per heavy atom. The van der Waals surface area contributed by atoms with E-state index in [0.717, 1.165) is 18.8 Å². The second kappa shape index (κ2) is 4.84. The molecule has 1 aliphatic heterocycles. The van der Waals surface area contributed by atoms with Gasteiger partial charge in [-0.05, 0) is 39.7 Å². The first-order valence-electron chi connectivity index (χ1n) is 5.76. The molecule has 1 aliphatic rings. The van der Waals surface area contributed by atoms with Crippen LogP contribution in [0, 0.1) is 0 Å². The van der Waals surface area contributed by atoms with Crippen LogP contribution in [0.5, 0.6) is 0 Å². The van der Waals surface area contributed by atoms with E-state index in [-0.39, 0.29) is 5.54 Å². The Morgan fingerprint density at radius 2 is 2.13 bits per heavy atom. The second-order valence-corrected chi connectivity index (χ2v) is 5.37. The summed E-state index contributed by atoms with van der Waals surface area (Å²) in [5, 5.41) is 3.65. The lowest BCUT2D eigenvalue weighted by molar-refractivity contribution is 0.212. The fraction of sp³-hybridized carbons (Fsp3) is 0.692. The Balaban J connectivity index is 2.49. The van der Waals surface area contributed by atoms with E-state index in [1.807, 2.05) is 6.08 Å². The highest BCUT2D eigenvalue weighted by molar-refractivity contribution is 5.11. The molecule has 0 aromatic carbocycles. The van der Waals surface area contributed by atoms with Gasteiger partial charge < -0.3 is 10.2 Å². The summed E-state index contributed by atoms with van der Waals surface area (Å²) in [7, 11) is 0. The summed E-state index contributed by atoms with van der Waals surface area (Å²) >= 11 is 0. The minimum absolute atomic E-state index is 0.198. The van der Waals surface area contributed by atoms with Crippen LogP contribution in [0.2, 0.25) is 0 Å². The molecule has 2 heteroatoms. The van der Waals surface area contributed by atoms with Crippen LogP contribution in [0.15, 0.2) is 24.9 Å². The van der Waals surface area contributed by atoms with Crippen molar-refractivity contribution in [2.24, 2.45) is 0 Å². The van der Waals surface area contributed by atoms with Crippen molar-refractivity contribution in [1.82, 2.24) is 10.2 Å². The molecule has 1 heterocycles. The molecule has 86 valence electrons. The van der Waals surface area contributed by atoms with Crippen molar-refractivity contribution >= 4 is 0 Å². The molecule has 1 atom stereocenters. The van der Waals surface area contributed by atoms with E-state index in [1.165, 1.54) is 12.8 Å². The van der Waals surface area contributed by atoms with Crippen molar-refractivity contribution in [3.63, 3.8) is 0 Å².